The maximum atomic E-state index is 12.2. The summed E-state index contributed by atoms with van der Waals surface area (Å²) in [5, 5.41) is 2.86. The van der Waals surface area contributed by atoms with Crippen LogP contribution in [0, 0.1) is 5.92 Å². The largest absolute Gasteiger partial charge is 0.490 e. The average Bonchev–Trinajstić information content (AvgIpc) is 2.78. The number of ether oxygens (including phenoxy) is 2. The minimum absolute atomic E-state index is 0.0944. The highest BCUT2D eigenvalue weighted by molar-refractivity contribution is 5.90. The molecule has 8 heteroatoms. The molecule has 31 heavy (non-hydrogen) atoms. The lowest BCUT2D eigenvalue weighted by molar-refractivity contribution is -0.122. The zero-order valence-electron chi connectivity index (χ0n) is 17.9. The third kappa shape index (κ3) is 6.60. The van der Waals surface area contributed by atoms with Crippen LogP contribution in [0.4, 0.5) is 11.5 Å². The van der Waals surface area contributed by atoms with Crippen LogP contribution in [0.1, 0.15) is 32.6 Å². The number of hydrogen-bond acceptors (Lipinski definition) is 6. The summed E-state index contributed by atoms with van der Waals surface area (Å²) in [6.07, 6.45) is 4.28. The molecule has 3 rings (SSSR count). The van der Waals surface area contributed by atoms with Gasteiger partial charge in [-0.2, -0.15) is 0 Å². The molecule has 0 bridgehead atoms. The summed E-state index contributed by atoms with van der Waals surface area (Å²) in [5.41, 5.74) is 6.08. The lowest BCUT2D eigenvalue weighted by Gasteiger charge is -2.32. The van der Waals surface area contributed by atoms with Gasteiger partial charge in [0, 0.05) is 19.5 Å². The molecule has 1 unspecified atom stereocenters. The number of anilines is 2. The quantitative estimate of drug-likeness (QED) is 0.566. The Morgan fingerprint density at radius 1 is 1.19 bits per heavy atom. The van der Waals surface area contributed by atoms with Gasteiger partial charge < -0.3 is 25.4 Å². The first-order valence-corrected chi connectivity index (χ1v) is 10.7. The van der Waals surface area contributed by atoms with Crippen molar-refractivity contribution in [2.24, 2.45) is 11.7 Å². The minimum atomic E-state index is -0.265. The van der Waals surface area contributed by atoms with E-state index in [-0.39, 0.29) is 17.7 Å². The Morgan fingerprint density at radius 2 is 1.97 bits per heavy atom. The molecule has 1 aromatic carbocycles. The number of hydrogen-bond donors (Lipinski definition) is 2. The van der Waals surface area contributed by atoms with Crippen LogP contribution in [0.15, 0.2) is 42.6 Å². The van der Waals surface area contributed by atoms with E-state index < -0.39 is 0 Å². The number of carbonyl (C=O) groups excluding carboxylic acids is 2. The molecule has 166 valence electrons. The average molecular weight is 427 g/mol. The van der Waals surface area contributed by atoms with E-state index in [0.29, 0.717) is 49.8 Å². The van der Waals surface area contributed by atoms with Gasteiger partial charge >= 0.3 is 0 Å². The SMILES string of the molecule is CCOc1ccccc1OCCCC(=O)Nc1ccc(N2CCCC(C(N)=O)C2)nc1. The summed E-state index contributed by atoms with van der Waals surface area (Å²) in [4.78, 5) is 30.2. The van der Waals surface area contributed by atoms with Gasteiger partial charge in [0.25, 0.3) is 0 Å². The van der Waals surface area contributed by atoms with Crippen molar-refractivity contribution in [1.29, 1.82) is 0 Å². The monoisotopic (exact) mass is 426 g/mol. The maximum Gasteiger partial charge on any atom is 0.224 e. The van der Waals surface area contributed by atoms with E-state index in [9.17, 15) is 9.59 Å². The van der Waals surface area contributed by atoms with E-state index in [1.54, 1.807) is 6.20 Å². The molecule has 0 saturated carbocycles. The molecule has 8 nitrogen and oxygen atoms in total. The van der Waals surface area contributed by atoms with Crippen molar-refractivity contribution in [3.63, 3.8) is 0 Å². The van der Waals surface area contributed by atoms with Crippen LogP contribution >= 0.6 is 0 Å². The van der Waals surface area contributed by atoms with E-state index in [1.165, 1.54) is 0 Å². The molecule has 2 aromatic rings. The Kier molecular flexibility index (Phi) is 8.09. The van der Waals surface area contributed by atoms with Gasteiger partial charge in [0.2, 0.25) is 11.8 Å². The lowest BCUT2D eigenvalue weighted by Crippen LogP contribution is -2.41. The van der Waals surface area contributed by atoms with E-state index in [0.717, 1.165) is 25.2 Å². The van der Waals surface area contributed by atoms with Crippen molar-refractivity contribution in [1.82, 2.24) is 4.98 Å². The number of amides is 2. The first-order valence-electron chi connectivity index (χ1n) is 10.7. The van der Waals surface area contributed by atoms with Crippen LogP contribution in [0.25, 0.3) is 0 Å². The molecule has 1 aromatic heterocycles. The van der Waals surface area contributed by atoms with Crippen molar-refractivity contribution in [3.05, 3.63) is 42.6 Å². The molecule has 3 N–H and O–H groups in total. The third-order valence-electron chi connectivity index (χ3n) is 5.13. The predicted octanol–water partition coefficient (Wildman–Crippen LogP) is 2.98. The Hall–Kier alpha value is -3.29. The van der Waals surface area contributed by atoms with Gasteiger partial charge in [-0.25, -0.2) is 4.98 Å². The van der Waals surface area contributed by atoms with Gasteiger partial charge in [0.1, 0.15) is 5.82 Å². The fourth-order valence-electron chi connectivity index (χ4n) is 3.55. The lowest BCUT2D eigenvalue weighted by atomic mass is 9.97. The summed E-state index contributed by atoms with van der Waals surface area (Å²) < 4.78 is 11.3. The van der Waals surface area contributed by atoms with E-state index in [2.05, 4.69) is 15.2 Å². The van der Waals surface area contributed by atoms with Gasteiger partial charge in [-0.1, -0.05) is 12.1 Å². The van der Waals surface area contributed by atoms with Gasteiger partial charge in [-0.05, 0) is 50.5 Å². The Labute approximate surface area is 182 Å². The molecule has 2 amide bonds. The molecule has 2 heterocycles. The molecule has 1 saturated heterocycles. The minimum Gasteiger partial charge on any atom is -0.490 e. The normalized spacial score (nSPS) is 15.9. The number of pyridine rings is 1. The molecule has 1 aliphatic rings. The van der Waals surface area contributed by atoms with Gasteiger partial charge in [0.15, 0.2) is 11.5 Å². The van der Waals surface area contributed by atoms with Gasteiger partial charge in [-0.15, -0.1) is 0 Å². The number of nitrogens with zero attached hydrogens (tertiary/aromatic N) is 2. The summed E-state index contributed by atoms with van der Waals surface area (Å²) in [6.45, 7) is 4.34. The van der Waals surface area contributed by atoms with Crippen molar-refractivity contribution in [3.8, 4) is 11.5 Å². The van der Waals surface area contributed by atoms with Crippen LogP contribution in [-0.4, -0.2) is 43.1 Å². The second-order valence-corrected chi connectivity index (χ2v) is 7.47. The summed E-state index contributed by atoms with van der Waals surface area (Å²) >= 11 is 0. The summed E-state index contributed by atoms with van der Waals surface area (Å²) in [6, 6.07) is 11.2. The second kappa shape index (κ2) is 11.2. The zero-order valence-corrected chi connectivity index (χ0v) is 17.9. The molecular formula is C23H30N4O4. The van der Waals surface area contributed by atoms with E-state index >= 15 is 0 Å². The molecule has 0 spiro atoms. The zero-order chi connectivity index (χ0) is 22.1. The van der Waals surface area contributed by atoms with E-state index in [4.69, 9.17) is 15.2 Å². The number of nitrogens with two attached hydrogens (primary N) is 1. The highest BCUT2D eigenvalue weighted by Gasteiger charge is 2.24. The highest BCUT2D eigenvalue weighted by atomic mass is 16.5. The molecule has 1 atom stereocenters. The van der Waals surface area contributed by atoms with Crippen LogP contribution in [0.5, 0.6) is 11.5 Å². The first kappa shape index (κ1) is 22.4. The van der Waals surface area contributed by atoms with Crippen LogP contribution in [0.3, 0.4) is 0 Å². The summed E-state index contributed by atoms with van der Waals surface area (Å²) in [7, 11) is 0. The fraction of sp³-hybridized carbons (Fsp3) is 0.435. The number of rotatable bonds is 10. The second-order valence-electron chi connectivity index (χ2n) is 7.47. The molecule has 1 fully saturated rings. The molecule has 1 aliphatic heterocycles. The molecule has 0 aliphatic carbocycles. The molecular weight excluding hydrogens is 396 g/mol. The van der Waals surface area contributed by atoms with Crippen LogP contribution < -0.4 is 25.4 Å². The van der Waals surface area contributed by atoms with Crippen molar-refractivity contribution < 1.29 is 19.1 Å². The van der Waals surface area contributed by atoms with E-state index in [1.807, 2.05) is 43.3 Å². The van der Waals surface area contributed by atoms with Crippen LogP contribution in [0.2, 0.25) is 0 Å². The Balaban J connectivity index is 1.42. The van der Waals surface area contributed by atoms with Gasteiger partial charge in [-0.3, -0.25) is 9.59 Å². The number of carbonyl (C=O) groups is 2. The Morgan fingerprint density at radius 3 is 2.65 bits per heavy atom. The summed E-state index contributed by atoms with van der Waals surface area (Å²) in [5.74, 6) is 1.67. The number of primary amides is 1. The highest BCUT2D eigenvalue weighted by Crippen LogP contribution is 2.26. The van der Waals surface area contributed by atoms with Crippen molar-refractivity contribution in [2.75, 3.05) is 36.5 Å². The number of piperidine rings is 1. The Bertz CT molecular complexity index is 872. The standard InChI is InChI=1S/C23H30N4O4/c1-2-30-19-8-3-4-9-20(19)31-14-6-10-22(28)26-18-11-12-21(25-15-18)27-13-5-7-17(16-27)23(24)29/h3-4,8-9,11-12,15,17H,2,5-7,10,13-14,16H2,1H3,(H2,24,29)(H,26,28). The number of benzene rings is 1. The van der Waals surface area contributed by atoms with Crippen molar-refractivity contribution in [2.45, 2.75) is 32.6 Å². The third-order valence-corrected chi connectivity index (χ3v) is 5.13. The number of para-hydroxylation sites is 2. The number of aromatic nitrogens is 1. The smallest absolute Gasteiger partial charge is 0.224 e. The predicted molar refractivity (Wildman–Crippen MR) is 119 cm³/mol. The van der Waals surface area contributed by atoms with Gasteiger partial charge in [0.05, 0.1) is 31.0 Å². The first-order chi connectivity index (χ1) is 15.1. The fourth-order valence-corrected chi connectivity index (χ4v) is 3.55. The number of nitrogens with one attached hydrogen (secondary N) is 1. The maximum absolute atomic E-state index is 12.2. The topological polar surface area (TPSA) is 107 Å². The van der Waals surface area contributed by atoms with Crippen LogP contribution in [-0.2, 0) is 9.59 Å². The molecule has 0 radical (unpaired) electrons. The van der Waals surface area contributed by atoms with Crippen molar-refractivity contribution >= 4 is 23.3 Å².